The molecule has 0 radical (unpaired) electrons. The Balaban J connectivity index is 2.31. The highest BCUT2D eigenvalue weighted by Crippen LogP contribution is 2.22. The van der Waals surface area contributed by atoms with Crippen LogP contribution in [0.25, 0.3) is 0 Å². The summed E-state index contributed by atoms with van der Waals surface area (Å²) in [4.78, 5) is 27.0. The number of nitrogens with zero attached hydrogens (tertiary/aromatic N) is 1. The molecule has 1 atom stereocenters. The minimum atomic E-state index is -2.99. The molecule has 2 amide bonds. The van der Waals surface area contributed by atoms with Gasteiger partial charge >= 0.3 is 12.7 Å². The van der Waals surface area contributed by atoms with E-state index in [4.69, 9.17) is 4.74 Å². The molecule has 180 valence electrons. The van der Waals surface area contributed by atoms with Crippen molar-refractivity contribution in [2.75, 3.05) is 11.4 Å². The van der Waals surface area contributed by atoms with Crippen molar-refractivity contribution in [3.8, 4) is 5.75 Å². The quantitative estimate of drug-likeness (QED) is 0.548. The lowest BCUT2D eigenvalue weighted by molar-refractivity contribution is -0.120. The molecule has 2 aromatic carbocycles. The van der Waals surface area contributed by atoms with Crippen molar-refractivity contribution in [2.45, 2.75) is 52.4 Å². The summed E-state index contributed by atoms with van der Waals surface area (Å²) in [5.41, 5.74) is -0.336. The molecule has 6 nitrogen and oxygen atoms in total. The molecule has 0 heterocycles. The standard InChI is InChI=1S/C23H26F4N2O4/c1-5-29(17-6-8-18(9-7-17)32-21(26)27)20(30)19(28-22(31)33-23(2,3)4)12-14-10-15(24)13-16(25)11-14/h6-11,13,19,21H,5,12H2,1-4H3,(H,28,31)/t19-/m0/s1. The Labute approximate surface area is 189 Å². The van der Waals surface area contributed by atoms with E-state index in [1.54, 1.807) is 27.7 Å². The van der Waals surface area contributed by atoms with Crippen LogP contribution in [0.4, 0.5) is 28.0 Å². The molecule has 0 aromatic heterocycles. The van der Waals surface area contributed by atoms with Crippen LogP contribution in [0.15, 0.2) is 42.5 Å². The third-order valence-electron chi connectivity index (χ3n) is 4.31. The van der Waals surface area contributed by atoms with Crippen molar-refractivity contribution >= 4 is 17.7 Å². The molecule has 0 aliphatic rings. The Bertz CT molecular complexity index is 942. The van der Waals surface area contributed by atoms with Crippen LogP contribution in [0, 0.1) is 11.6 Å². The average molecular weight is 470 g/mol. The molecule has 2 rings (SSSR count). The third-order valence-corrected chi connectivity index (χ3v) is 4.31. The summed E-state index contributed by atoms with van der Waals surface area (Å²) < 4.78 is 61.6. The number of anilines is 1. The summed E-state index contributed by atoms with van der Waals surface area (Å²) in [5.74, 6) is -2.32. The van der Waals surface area contributed by atoms with Crippen molar-refractivity contribution in [3.63, 3.8) is 0 Å². The molecule has 0 saturated carbocycles. The van der Waals surface area contributed by atoms with Crippen molar-refractivity contribution in [2.24, 2.45) is 0 Å². The predicted octanol–water partition coefficient (Wildman–Crippen LogP) is 5.06. The second-order valence-electron chi connectivity index (χ2n) is 8.14. The highest BCUT2D eigenvalue weighted by molar-refractivity contribution is 5.98. The van der Waals surface area contributed by atoms with E-state index in [9.17, 15) is 27.2 Å². The first-order valence-electron chi connectivity index (χ1n) is 10.2. The van der Waals surface area contributed by atoms with Gasteiger partial charge in [0.2, 0.25) is 5.91 Å². The zero-order chi connectivity index (χ0) is 24.8. The molecule has 0 saturated heterocycles. The summed E-state index contributed by atoms with van der Waals surface area (Å²) >= 11 is 0. The number of amides is 2. The van der Waals surface area contributed by atoms with Crippen LogP contribution in [-0.4, -0.2) is 36.8 Å². The van der Waals surface area contributed by atoms with Gasteiger partial charge in [0.1, 0.15) is 29.0 Å². The van der Waals surface area contributed by atoms with E-state index in [1.807, 2.05) is 0 Å². The maximum absolute atomic E-state index is 13.7. The van der Waals surface area contributed by atoms with E-state index < -0.39 is 41.9 Å². The normalized spacial score (nSPS) is 12.3. The summed E-state index contributed by atoms with van der Waals surface area (Å²) in [6.45, 7) is 3.78. The zero-order valence-corrected chi connectivity index (χ0v) is 18.7. The lowest BCUT2D eigenvalue weighted by Gasteiger charge is -2.28. The fraction of sp³-hybridized carbons (Fsp3) is 0.391. The van der Waals surface area contributed by atoms with E-state index in [2.05, 4.69) is 10.1 Å². The number of benzene rings is 2. The monoisotopic (exact) mass is 470 g/mol. The van der Waals surface area contributed by atoms with Gasteiger partial charge in [-0.2, -0.15) is 8.78 Å². The molecular formula is C23H26F4N2O4. The average Bonchev–Trinajstić information content (AvgIpc) is 2.66. The summed E-state index contributed by atoms with van der Waals surface area (Å²) in [5, 5.41) is 2.46. The number of carbonyl (C=O) groups excluding carboxylic acids is 2. The number of alkyl carbamates (subject to hydrolysis) is 1. The van der Waals surface area contributed by atoms with E-state index in [1.165, 1.54) is 29.2 Å². The van der Waals surface area contributed by atoms with Gasteiger partial charge in [0.05, 0.1) is 0 Å². The Hall–Kier alpha value is -3.30. The molecule has 0 fully saturated rings. The third kappa shape index (κ3) is 8.28. The summed E-state index contributed by atoms with van der Waals surface area (Å²) in [6, 6.07) is 6.96. The van der Waals surface area contributed by atoms with Crippen LogP contribution < -0.4 is 15.0 Å². The van der Waals surface area contributed by atoms with Crippen LogP contribution in [-0.2, 0) is 16.0 Å². The summed E-state index contributed by atoms with van der Waals surface area (Å²) in [6.07, 6.45) is -1.09. The van der Waals surface area contributed by atoms with Crippen molar-refractivity contribution < 1.29 is 36.6 Å². The van der Waals surface area contributed by atoms with Crippen molar-refractivity contribution in [3.05, 3.63) is 59.7 Å². The number of alkyl halides is 2. The van der Waals surface area contributed by atoms with Crippen LogP contribution in [0.1, 0.15) is 33.3 Å². The molecule has 0 aliphatic carbocycles. The Kier molecular flexibility index (Phi) is 8.67. The van der Waals surface area contributed by atoms with Crippen molar-refractivity contribution in [1.29, 1.82) is 0 Å². The van der Waals surface area contributed by atoms with E-state index >= 15 is 0 Å². The summed E-state index contributed by atoms with van der Waals surface area (Å²) in [7, 11) is 0. The first-order chi connectivity index (χ1) is 15.4. The van der Waals surface area contributed by atoms with Gasteiger partial charge in [-0.1, -0.05) is 0 Å². The molecule has 10 heteroatoms. The van der Waals surface area contributed by atoms with Crippen LogP contribution in [0.5, 0.6) is 5.75 Å². The first-order valence-corrected chi connectivity index (χ1v) is 10.2. The molecular weight excluding hydrogens is 444 g/mol. The van der Waals surface area contributed by atoms with Gasteiger partial charge in [0, 0.05) is 24.7 Å². The number of carbonyl (C=O) groups is 2. The number of hydrogen-bond acceptors (Lipinski definition) is 4. The number of halogens is 4. The molecule has 1 N–H and O–H groups in total. The van der Waals surface area contributed by atoms with Gasteiger partial charge in [0.25, 0.3) is 0 Å². The SMILES string of the molecule is CCN(C(=O)[C@H](Cc1cc(F)cc(F)c1)NC(=O)OC(C)(C)C)c1ccc(OC(F)F)cc1. The second kappa shape index (κ2) is 11.0. The maximum Gasteiger partial charge on any atom is 0.408 e. The smallest absolute Gasteiger partial charge is 0.408 e. The van der Waals surface area contributed by atoms with E-state index in [-0.39, 0.29) is 24.3 Å². The number of rotatable bonds is 8. The van der Waals surface area contributed by atoms with Crippen LogP contribution in [0.2, 0.25) is 0 Å². The molecule has 0 aliphatic heterocycles. The maximum atomic E-state index is 13.7. The molecule has 0 spiro atoms. The fourth-order valence-electron chi connectivity index (χ4n) is 3.08. The van der Waals surface area contributed by atoms with Crippen LogP contribution in [0.3, 0.4) is 0 Å². The molecule has 33 heavy (non-hydrogen) atoms. The fourth-order valence-corrected chi connectivity index (χ4v) is 3.08. The predicted molar refractivity (Wildman–Crippen MR) is 114 cm³/mol. The van der Waals surface area contributed by atoms with Gasteiger partial charge in [-0.3, -0.25) is 4.79 Å². The minimum Gasteiger partial charge on any atom is -0.444 e. The van der Waals surface area contributed by atoms with Gasteiger partial charge < -0.3 is 19.7 Å². The lowest BCUT2D eigenvalue weighted by Crippen LogP contribution is -2.51. The molecule has 0 unspecified atom stereocenters. The highest BCUT2D eigenvalue weighted by atomic mass is 19.3. The highest BCUT2D eigenvalue weighted by Gasteiger charge is 2.29. The zero-order valence-electron chi connectivity index (χ0n) is 18.7. The van der Waals surface area contributed by atoms with Crippen molar-refractivity contribution in [1.82, 2.24) is 5.32 Å². The number of nitrogens with one attached hydrogen (secondary N) is 1. The van der Waals surface area contributed by atoms with Gasteiger partial charge in [-0.05, 0) is 69.7 Å². The number of hydrogen-bond donors (Lipinski definition) is 1. The number of ether oxygens (including phenoxy) is 2. The Morgan fingerprint density at radius 1 is 1.03 bits per heavy atom. The molecule has 2 aromatic rings. The Morgan fingerprint density at radius 2 is 1.61 bits per heavy atom. The van der Waals surface area contributed by atoms with Gasteiger partial charge in [-0.15, -0.1) is 0 Å². The topological polar surface area (TPSA) is 67.9 Å². The number of likely N-dealkylation sites (N-methyl/N-ethyl adjacent to an activating group) is 1. The van der Waals surface area contributed by atoms with Crippen LogP contribution >= 0.6 is 0 Å². The lowest BCUT2D eigenvalue weighted by atomic mass is 10.0. The second-order valence-corrected chi connectivity index (χ2v) is 8.14. The molecule has 0 bridgehead atoms. The Morgan fingerprint density at radius 3 is 2.09 bits per heavy atom. The van der Waals surface area contributed by atoms with E-state index in [0.717, 1.165) is 12.1 Å². The minimum absolute atomic E-state index is 0.0871. The van der Waals surface area contributed by atoms with Gasteiger partial charge in [-0.25, -0.2) is 13.6 Å². The van der Waals surface area contributed by atoms with E-state index in [0.29, 0.717) is 11.8 Å². The largest absolute Gasteiger partial charge is 0.444 e. The van der Waals surface area contributed by atoms with Gasteiger partial charge in [0.15, 0.2) is 0 Å². The first kappa shape index (κ1) is 26.0.